The molecule has 1 heterocycles. The molecule has 78 valence electrons. The molecule has 3 N–H and O–H groups in total. The lowest BCUT2D eigenvalue weighted by Gasteiger charge is -2.18. The van der Waals surface area contributed by atoms with Crippen LogP contribution >= 0.6 is 11.6 Å². The fourth-order valence-corrected chi connectivity index (χ4v) is 1.09. The minimum absolute atomic E-state index is 0.168. The number of nitrogens with one attached hydrogen (secondary N) is 1. The van der Waals surface area contributed by atoms with Crippen molar-refractivity contribution in [1.29, 1.82) is 0 Å². The summed E-state index contributed by atoms with van der Waals surface area (Å²) in [5, 5.41) is 3.49. The first-order valence-electron chi connectivity index (χ1n) is 4.48. The third-order valence-electron chi connectivity index (χ3n) is 1.68. The van der Waals surface area contributed by atoms with E-state index in [1.807, 2.05) is 13.8 Å². The van der Waals surface area contributed by atoms with Crippen molar-refractivity contribution in [1.82, 2.24) is 9.97 Å². The van der Waals surface area contributed by atoms with Crippen molar-refractivity contribution < 1.29 is 0 Å². The molecule has 0 aliphatic carbocycles. The van der Waals surface area contributed by atoms with Gasteiger partial charge >= 0.3 is 0 Å². The van der Waals surface area contributed by atoms with Crippen LogP contribution in [0.3, 0.4) is 0 Å². The van der Waals surface area contributed by atoms with Gasteiger partial charge in [-0.15, -0.1) is 0 Å². The Bertz CT molecular complexity index is 295. The van der Waals surface area contributed by atoms with Gasteiger partial charge < -0.3 is 11.1 Å². The molecule has 14 heavy (non-hydrogen) atoms. The Hall–Kier alpha value is -0.870. The normalized spacial score (nSPS) is 11.4. The molecule has 0 bridgehead atoms. The highest BCUT2D eigenvalue weighted by molar-refractivity contribution is 6.29. The summed E-state index contributed by atoms with van der Waals surface area (Å²) in [6, 6.07) is 0. The number of hydrogen-bond acceptors (Lipinski definition) is 4. The predicted octanol–water partition coefficient (Wildman–Crippen LogP) is 1.67. The van der Waals surface area contributed by atoms with Crippen LogP contribution in [0.5, 0.6) is 0 Å². The van der Waals surface area contributed by atoms with Crippen molar-refractivity contribution in [2.24, 2.45) is 5.73 Å². The van der Waals surface area contributed by atoms with Crippen molar-refractivity contribution in [3.63, 3.8) is 0 Å². The van der Waals surface area contributed by atoms with Gasteiger partial charge in [-0.3, -0.25) is 4.98 Å². The molecule has 0 amide bonds. The molecule has 0 fully saturated rings. The summed E-state index contributed by atoms with van der Waals surface area (Å²) in [5.41, 5.74) is 5.66. The van der Waals surface area contributed by atoms with Crippen LogP contribution in [0.1, 0.15) is 20.3 Å². The van der Waals surface area contributed by atoms with E-state index in [1.165, 1.54) is 6.20 Å². The van der Waals surface area contributed by atoms with E-state index >= 15 is 0 Å². The second kappa shape index (κ2) is 4.57. The van der Waals surface area contributed by atoms with E-state index < -0.39 is 0 Å². The quantitative estimate of drug-likeness (QED) is 0.801. The summed E-state index contributed by atoms with van der Waals surface area (Å²) in [6.07, 6.45) is 4.00. The van der Waals surface area contributed by atoms with Crippen molar-refractivity contribution in [2.45, 2.75) is 25.8 Å². The average Bonchev–Trinajstić information content (AvgIpc) is 2.01. The van der Waals surface area contributed by atoms with Gasteiger partial charge in [0, 0.05) is 12.1 Å². The number of rotatable bonds is 4. The maximum absolute atomic E-state index is 5.83. The molecule has 5 heteroatoms. The van der Waals surface area contributed by atoms with Gasteiger partial charge in [0.05, 0.1) is 12.4 Å². The monoisotopic (exact) mass is 214 g/mol. The first-order valence-corrected chi connectivity index (χ1v) is 4.85. The summed E-state index contributed by atoms with van der Waals surface area (Å²) in [6.45, 7) is 4.73. The maximum atomic E-state index is 5.83. The van der Waals surface area contributed by atoms with Crippen LogP contribution in [0.2, 0.25) is 5.15 Å². The van der Waals surface area contributed by atoms with Crippen LogP contribution in [-0.2, 0) is 0 Å². The first kappa shape index (κ1) is 11.2. The minimum Gasteiger partial charge on any atom is -0.369 e. The fraction of sp³-hybridized carbons (Fsp3) is 0.556. The van der Waals surface area contributed by atoms with Gasteiger partial charge in [0.2, 0.25) is 0 Å². The Kier molecular flexibility index (Phi) is 3.66. The minimum atomic E-state index is -0.168. The third kappa shape index (κ3) is 4.39. The number of anilines is 1. The molecule has 0 spiro atoms. The lowest BCUT2D eigenvalue weighted by Crippen LogP contribution is -2.34. The lowest BCUT2D eigenvalue weighted by molar-refractivity contribution is 0.490. The molecule has 0 atom stereocenters. The van der Waals surface area contributed by atoms with Gasteiger partial charge in [0.1, 0.15) is 11.0 Å². The van der Waals surface area contributed by atoms with Crippen LogP contribution in [0, 0.1) is 0 Å². The third-order valence-corrected chi connectivity index (χ3v) is 1.86. The summed E-state index contributed by atoms with van der Waals surface area (Å²) in [5.74, 6) is 0.682. The van der Waals surface area contributed by atoms with Crippen LogP contribution in [0.4, 0.5) is 5.82 Å². The Balaban J connectivity index is 2.39. The SMILES string of the molecule is CC(C)(N)CCNc1cncc(Cl)n1. The maximum Gasteiger partial charge on any atom is 0.149 e. The zero-order chi connectivity index (χ0) is 10.6. The Morgan fingerprint density at radius 3 is 2.79 bits per heavy atom. The van der Waals surface area contributed by atoms with Crippen molar-refractivity contribution >= 4 is 17.4 Å². The Labute approximate surface area is 88.9 Å². The second-order valence-corrected chi connectivity index (χ2v) is 4.28. The Morgan fingerprint density at radius 2 is 2.21 bits per heavy atom. The highest BCUT2D eigenvalue weighted by atomic mass is 35.5. The van der Waals surface area contributed by atoms with Crippen LogP contribution in [0.25, 0.3) is 0 Å². The average molecular weight is 215 g/mol. The zero-order valence-electron chi connectivity index (χ0n) is 8.42. The number of nitrogens with two attached hydrogens (primary N) is 1. The number of nitrogens with zero attached hydrogens (tertiary/aromatic N) is 2. The summed E-state index contributed by atoms with van der Waals surface area (Å²) < 4.78 is 0. The molecular formula is C9H15ClN4. The molecule has 0 saturated carbocycles. The molecule has 0 saturated heterocycles. The molecule has 1 aromatic rings. The van der Waals surface area contributed by atoms with Gasteiger partial charge in [-0.2, -0.15) is 0 Å². The molecule has 1 rings (SSSR count). The smallest absolute Gasteiger partial charge is 0.149 e. The van der Waals surface area contributed by atoms with E-state index in [0.29, 0.717) is 11.0 Å². The molecule has 0 aromatic carbocycles. The molecule has 0 aliphatic rings. The molecule has 0 unspecified atom stereocenters. The second-order valence-electron chi connectivity index (χ2n) is 3.89. The predicted molar refractivity (Wildman–Crippen MR) is 58.4 cm³/mol. The van der Waals surface area contributed by atoms with Crippen LogP contribution in [-0.4, -0.2) is 22.1 Å². The molecule has 1 aromatic heterocycles. The van der Waals surface area contributed by atoms with E-state index in [1.54, 1.807) is 6.20 Å². The zero-order valence-corrected chi connectivity index (χ0v) is 9.17. The topological polar surface area (TPSA) is 63.8 Å². The molecular weight excluding hydrogens is 200 g/mol. The van der Waals surface area contributed by atoms with Gasteiger partial charge in [-0.05, 0) is 20.3 Å². The molecule has 0 radical (unpaired) electrons. The van der Waals surface area contributed by atoms with E-state index in [-0.39, 0.29) is 5.54 Å². The van der Waals surface area contributed by atoms with E-state index in [0.717, 1.165) is 13.0 Å². The van der Waals surface area contributed by atoms with Crippen LogP contribution < -0.4 is 11.1 Å². The number of aromatic nitrogens is 2. The van der Waals surface area contributed by atoms with Crippen LogP contribution in [0.15, 0.2) is 12.4 Å². The lowest BCUT2D eigenvalue weighted by atomic mass is 10.0. The van der Waals surface area contributed by atoms with E-state index in [9.17, 15) is 0 Å². The Morgan fingerprint density at radius 1 is 1.50 bits per heavy atom. The van der Waals surface area contributed by atoms with E-state index in [4.69, 9.17) is 17.3 Å². The summed E-state index contributed by atoms with van der Waals surface area (Å²) in [7, 11) is 0. The van der Waals surface area contributed by atoms with Gasteiger partial charge in [0.15, 0.2) is 0 Å². The highest BCUT2D eigenvalue weighted by Crippen LogP contribution is 2.08. The van der Waals surface area contributed by atoms with E-state index in [2.05, 4.69) is 15.3 Å². The van der Waals surface area contributed by atoms with Crippen molar-refractivity contribution in [3.05, 3.63) is 17.5 Å². The van der Waals surface area contributed by atoms with Crippen molar-refractivity contribution in [3.8, 4) is 0 Å². The molecule has 0 aliphatic heterocycles. The van der Waals surface area contributed by atoms with Gasteiger partial charge in [-0.25, -0.2) is 4.98 Å². The first-order chi connectivity index (χ1) is 6.47. The largest absolute Gasteiger partial charge is 0.369 e. The summed E-state index contributed by atoms with van der Waals surface area (Å²) >= 11 is 5.68. The van der Waals surface area contributed by atoms with Gasteiger partial charge in [0.25, 0.3) is 0 Å². The standard InChI is InChI=1S/C9H15ClN4/c1-9(2,11)3-4-13-8-6-12-5-7(10)14-8/h5-6H,3-4,11H2,1-2H3,(H,13,14). The molecule has 4 nitrogen and oxygen atoms in total. The van der Waals surface area contributed by atoms with Gasteiger partial charge in [-0.1, -0.05) is 11.6 Å². The summed E-state index contributed by atoms with van der Waals surface area (Å²) in [4.78, 5) is 7.95. The fourth-order valence-electron chi connectivity index (χ4n) is 0.940. The highest BCUT2D eigenvalue weighted by Gasteiger charge is 2.09. The number of hydrogen-bond donors (Lipinski definition) is 2. The van der Waals surface area contributed by atoms with Crippen molar-refractivity contribution in [2.75, 3.05) is 11.9 Å². The number of halogens is 1.